The first kappa shape index (κ1) is 14.5. The van der Waals surface area contributed by atoms with Crippen LogP contribution in [0.4, 0.5) is 23.2 Å². The van der Waals surface area contributed by atoms with Crippen LogP contribution in [0.5, 0.6) is 0 Å². The van der Waals surface area contributed by atoms with Gasteiger partial charge >= 0.3 is 0 Å². The molecule has 2 aromatic rings. The molecular weight excluding hydrogens is 342 g/mol. The predicted molar refractivity (Wildman–Crippen MR) is 68.4 cm³/mol. The smallest absolute Gasteiger partial charge is 0.255 e. The molecule has 2 aromatic carbocycles. The lowest BCUT2D eigenvalue weighted by atomic mass is 10.2. The first-order chi connectivity index (χ1) is 9.38. The van der Waals surface area contributed by atoms with E-state index in [1.165, 1.54) is 0 Å². The molecule has 0 aromatic heterocycles. The highest BCUT2D eigenvalue weighted by Crippen LogP contribution is 2.21. The number of hydrogen-bond acceptors (Lipinski definition) is 1. The van der Waals surface area contributed by atoms with Crippen LogP contribution in [0.25, 0.3) is 0 Å². The van der Waals surface area contributed by atoms with Crippen molar-refractivity contribution in [3.05, 3.63) is 63.6 Å². The van der Waals surface area contributed by atoms with Gasteiger partial charge in [-0.05, 0) is 34.1 Å². The summed E-state index contributed by atoms with van der Waals surface area (Å²) in [5.41, 5.74) is -0.629. The molecule has 0 aliphatic heterocycles. The second-order valence-electron chi connectivity index (χ2n) is 3.83. The van der Waals surface area contributed by atoms with E-state index in [9.17, 15) is 22.4 Å². The van der Waals surface area contributed by atoms with E-state index in [0.717, 1.165) is 18.2 Å². The number of amides is 1. The minimum Gasteiger partial charge on any atom is -0.319 e. The number of rotatable bonds is 2. The molecule has 1 amide bonds. The summed E-state index contributed by atoms with van der Waals surface area (Å²) >= 11 is 2.89. The average Bonchev–Trinajstić information content (AvgIpc) is 2.38. The van der Waals surface area contributed by atoms with Crippen LogP contribution in [0.15, 0.2) is 34.8 Å². The number of carbonyl (C=O) groups is 1. The fraction of sp³-hybridized carbons (Fsp3) is 0. The fourth-order valence-electron chi connectivity index (χ4n) is 1.48. The van der Waals surface area contributed by atoms with Gasteiger partial charge in [-0.1, -0.05) is 0 Å². The summed E-state index contributed by atoms with van der Waals surface area (Å²) in [5.74, 6) is -5.22. The number of halogens is 5. The zero-order valence-electron chi connectivity index (χ0n) is 9.68. The van der Waals surface area contributed by atoms with E-state index in [0.29, 0.717) is 12.1 Å². The first-order valence-electron chi connectivity index (χ1n) is 5.29. The number of hydrogen-bond donors (Lipinski definition) is 1. The van der Waals surface area contributed by atoms with Gasteiger partial charge < -0.3 is 5.32 Å². The third-order valence-electron chi connectivity index (χ3n) is 2.42. The summed E-state index contributed by atoms with van der Waals surface area (Å²) in [7, 11) is 0. The standard InChI is InChI=1S/C13H6BrF4NO/c14-8-3-6(1-2-9(8)16)13(20)19-11-5-7(15)4-10(17)12(11)18/h1-5H,(H,19,20). The monoisotopic (exact) mass is 347 g/mol. The lowest BCUT2D eigenvalue weighted by molar-refractivity contribution is 0.102. The van der Waals surface area contributed by atoms with Crippen molar-refractivity contribution in [2.75, 3.05) is 5.32 Å². The van der Waals surface area contributed by atoms with Crippen LogP contribution in [0.3, 0.4) is 0 Å². The van der Waals surface area contributed by atoms with Crippen LogP contribution < -0.4 is 5.32 Å². The van der Waals surface area contributed by atoms with Gasteiger partial charge in [0.1, 0.15) is 11.6 Å². The number of benzene rings is 2. The maximum Gasteiger partial charge on any atom is 0.255 e. The molecule has 0 aliphatic carbocycles. The Labute approximate surface area is 119 Å². The summed E-state index contributed by atoms with van der Waals surface area (Å²) in [6, 6.07) is 4.36. The highest BCUT2D eigenvalue weighted by Gasteiger charge is 2.15. The van der Waals surface area contributed by atoms with E-state index in [1.54, 1.807) is 0 Å². The molecule has 2 rings (SSSR count). The molecule has 20 heavy (non-hydrogen) atoms. The Morgan fingerprint density at radius 3 is 2.35 bits per heavy atom. The van der Waals surface area contributed by atoms with Crippen LogP contribution in [0.2, 0.25) is 0 Å². The minimum atomic E-state index is -1.42. The van der Waals surface area contributed by atoms with Crippen LogP contribution in [-0.2, 0) is 0 Å². The van der Waals surface area contributed by atoms with Gasteiger partial charge in [0.05, 0.1) is 10.2 Å². The Morgan fingerprint density at radius 1 is 1.00 bits per heavy atom. The van der Waals surface area contributed by atoms with Crippen molar-refractivity contribution in [3.63, 3.8) is 0 Å². The predicted octanol–water partition coefficient (Wildman–Crippen LogP) is 4.26. The fourth-order valence-corrected chi connectivity index (χ4v) is 1.86. The molecule has 2 nitrogen and oxygen atoms in total. The summed E-state index contributed by atoms with van der Waals surface area (Å²) in [6.07, 6.45) is 0. The second-order valence-corrected chi connectivity index (χ2v) is 4.69. The lowest BCUT2D eigenvalue weighted by Crippen LogP contribution is -2.14. The molecule has 0 aliphatic rings. The Hall–Kier alpha value is -1.89. The topological polar surface area (TPSA) is 29.1 Å². The van der Waals surface area contributed by atoms with E-state index in [4.69, 9.17) is 0 Å². The van der Waals surface area contributed by atoms with Crippen LogP contribution in [0, 0.1) is 23.3 Å². The van der Waals surface area contributed by atoms with Gasteiger partial charge in [-0.2, -0.15) is 0 Å². The Bertz CT molecular complexity index is 690. The van der Waals surface area contributed by atoms with Gasteiger partial charge in [0, 0.05) is 17.7 Å². The van der Waals surface area contributed by atoms with Crippen LogP contribution >= 0.6 is 15.9 Å². The molecule has 0 saturated heterocycles. The minimum absolute atomic E-state index is 0.00217. The van der Waals surface area contributed by atoms with Gasteiger partial charge in [-0.3, -0.25) is 4.79 Å². The van der Waals surface area contributed by atoms with E-state index >= 15 is 0 Å². The number of nitrogens with one attached hydrogen (secondary N) is 1. The maximum absolute atomic E-state index is 13.4. The van der Waals surface area contributed by atoms with Crippen molar-refractivity contribution in [2.45, 2.75) is 0 Å². The average molecular weight is 348 g/mol. The SMILES string of the molecule is O=C(Nc1cc(F)cc(F)c1F)c1ccc(F)c(Br)c1. The summed E-state index contributed by atoms with van der Waals surface area (Å²) in [4.78, 5) is 11.8. The largest absolute Gasteiger partial charge is 0.319 e. The van der Waals surface area contributed by atoms with Gasteiger partial charge in [0.2, 0.25) is 0 Å². The van der Waals surface area contributed by atoms with E-state index in [2.05, 4.69) is 15.9 Å². The number of carbonyl (C=O) groups excluding carboxylic acids is 1. The van der Waals surface area contributed by atoms with Crippen molar-refractivity contribution in [2.24, 2.45) is 0 Å². The molecule has 0 saturated carbocycles. The highest BCUT2D eigenvalue weighted by molar-refractivity contribution is 9.10. The molecule has 0 fully saturated rings. The Balaban J connectivity index is 2.30. The molecule has 0 unspecified atom stereocenters. The molecule has 7 heteroatoms. The molecular formula is C13H6BrF4NO. The second kappa shape index (κ2) is 5.62. The first-order valence-corrected chi connectivity index (χ1v) is 6.08. The zero-order chi connectivity index (χ0) is 14.9. The lowest BCUT2D eigenvalue weighted by Gasteiger charge is -2.08. The van der Waals surface area contributed by atoms with E-state index in [-0.39, 0.29) is 10.0 Å². The summed E-state index contributed by atoms with van der Waals surface area (Å²) in [6.45, 7) is 0. The Morgan fingerprint density at radius 2 is 1.70 bits per heavy atom. The molecule has 104 valence electrons. The van der Waals surface area contributed by atoms with Crippen LogP contribution in [0.1, 0.15) is 10.4 Å². The Kier molecular flexibility index (Phi) is 4.08. The highest BCUT2D eigenvalue weighted by atomic mass is 79.9. The van der Waals surface area contributed by atoms with Crippen LogP contribution in [-0.4, -0.2) is 5.91 Å². The van der Waals surface area contributed by atoms with Gasteiger partial charge in [0.25, 0.3) is 5.91 Å². The van der Waals surface area contributed by atoms with Gasteiger partial charge in [0.15, 0.2) is 11.6 Å². The van der Waals surface area contributed by atoms with Crippen molar-refractivity contribution in [3.8, 4) is 0 Å². The van der Waals surface area contributed by atoms with Crippen molar-refractivity contribution in [1.82, 2.24) is 0 Å². The van der Waals surface area contributed by atoms with Crippen molar-refractivity contribution >= 4 is 27.5 Å². The molecule has 0 spiro atoms. The summed E-state index contributed by atoms with van der Waals surface area (Å²) < 4.78 is 52.4. The van der Waals surface area contributed by atoms with Crippen molar-refractivity contribution < 1.29 is 22.4 Å². The van der Waals surface area contributed by atoms with Gasteiger partial charge in [-0.25, -0.2) is 17.6 Å². The van der Waals surface area contributed by atoms with Gasteiger partial charge in [-0.15, -0.1) is 0 Å². The molecule has 0 atom stereocenters. The van der Waals surface area contributed by atoms with Crippen molar-refractivity contribution in [1.29, 1.82) is 0 Å². The molecule has 0 heterocycles. The van der Waals surface area contributed by atoms with E-state index < -0.39 is 34.9 Å². The molecule has 0 radical (unpaired) electrons. The number of anilines is 1. The quantitative estimate of drug-likeness (QED) is 0.638. The third-order valence-corrected chi connectivity index (χ3v) is 3.03. The molecule has 0 bridgehead atoms. The normalized spacial score (nSPS) is 10.4. The summed E-state index contributed by atoms with van der Waals surface area (Å²) in [5, 5.41) is 2.02. The maximum atomic E-state index is 13.4. The molecule has 1 N–H and O–H groups in total. The third kappa shape index (κ3) is 2.98. The zero-order valence-corrected chi connectivity index (χ0v) is 11.3. The van der Waals surface area contributed by atoms with E-state index in [1.807, 2.05) is 5.32 Å².